The molecule has 2 aromatic rings. The Balaban J connectivity index is 1.86. The third kappa shape index (κ3) is 3.73. The standard InChI is InChI=1S/C16H19NO2/c1-12(15-4-2-3-5-16(15)19)17-11-10-13-6-8-14(18)9-7-13/h2-9,12,17-19H,10-11H2,1H3. The van der Waals surface area contributed by atoms with Gasteiger partial charge in [-0.25, -0.2) is 0 Å². The van der Waals surface area contributed by atoms with E-state index in [1.54, 1.807) is 18.2 Å². The fourth-order valence-corrected chi connectivity index (χ4v) is 2.06. The van der Waals surface area contributed by atoms with Crippen molar-refractivity contribution in [3.63, 3.8) is 0 Å². The number of nitrogens with one attached hydrogen (secondary N) is 1. The van der Waals surface area contributed by atoms with Crippen LogP contribution in [-0.4, -0.2) is 16.8 Å². The molecule has 0 saturated heterocycles. The average molecular weight is 257 g/mol. The van der Waals surface area contributed by atoms with Gasteiger partial charge in [-0.3, -0.25) is 0 Å². The highest BCUT2D eigenvalue weighted by Gasteiger charge is 2.08. The number of phenols is 2. The number of para-hydroxylation sites is 1. The van der Waals surface area contributed by atoms with E-state index in [-0.39, 0.29) is 6.04 Å². The zero-order valence-corrected chi connectivity index (χ0v) is 11.0. The van der Waals surface area contributed by atoms with Gasteiger partial charge in [0, 0.05) is 11.6 Å². The molecule has 2 aromatic carbocycles. The predicted octanol–water partition coefficient (Wildman–Crippen LogP) is 2.99. The Morgan fingerprint density at radius 1 is 1.00 bits per heavy atom. The summed E-state index contributed by atoms with van der Waals surface area (Å²) < 4.78 is 0. The van der Waals surface area contributed by atoms with Gasteiger partial charge in [-0.1, -0.05) is 30.3 Å². The molecule has 2 rings (SSSR count). The zero-order chi connectivity index (χ0) is 13.7. The lowest BCUT2D eigenvalue weighted by atomic mass is 10.1. The first kappa shape index (κ1) is 13.4. The Morgan fingerprint density at radius 3 is 2.37 bits per heavy atom. The van der Waals surface area contributed by atoms with E-state index in [4.69, 9.17) is 0 Å². The average Bonchev–Trinajstić information content (AvgIpc) is 2.41. The van der Waals surface area contributed by atoms with E-state index < -0.39 is 0 Å². The van der Waals surface area contributed by atoms with Crippen LogP contribution in [0.15, 0.2) is 48.5 Å². The number of phenolic OH excluding ortho intramolecular Hbond substituents is 2. The molecule has 1 atom stereocenters. The van der Waals surface area contributed by atoms with Crippen molar-refractivity contribution in [1.29, 1.82) is 0 Å². The largest absolute Gasteiger partial charge is 0.508 e. The highest BCUT2D eigenvalue weighted by Crippen LogP contribution is 2.22. The smallest absolute Gasteiger partial charge is 0.120 e. The lowest BCUT2D eigenvalue weighted by Crippen LogP contribution is -2.21. The van der Waals surface area contributed by atoms with Gasteiger partial charge in [-0.15, -0.1) is 0 Å². The molecule has 0 spiro atoms. The highest BCUT2D eigenvalue weighted by atomic mass is 16.3. The van der Waals surface area contributed by atoms with Crippen LogP contribution in [0.4, 0.5) is 0 Å². The highest BCUT2D eigenvalue weighted by molar-refractivity contribution is 5.34. The summed E-state index contributed by atoms with van der Waals surface area (Å²) in [6, 6.07) is 14.7. The van der Waals surface area contributed by atoms with Crippen LogP contribution in [-0.2, 0) is 6.42 Å². The molecule has 0 heterocycles. The van der Waals surface area contributed by atoms with Crippen molar-refractivity contribution < 1.29 is 10.2 Å². The fourth-order valence-electron chi connectivity index (χ4n) is 2.06. The molecule has 3 heteroatoms. The minimum atomic E-state index is 0.110. The van der Waals surface area contributed by atoms with E-state index in [9.17, 15) is 10.2 Å². The first-order valence-electron chi connectivity index (χ1n) is 6.46. The molecule has 0 aliphatic heterocycles. The molecule has 0 amide bonds. The van der Waals surface area contributed by atoms with Crippen LogP contribution >= 0.6 is 0 Å². The second kappa shape index (κ2) is 6.25. The summed E-state index contributed by atoms with van der Waals surface area (Å²) in [5, 5.41) is 22.3. The maximum absolute atomic E-state index is 9.76. The molecular formula is C16H19NO2. The molecule has 19 heavy (non-hydrogen) atoms. The third-order valence-electron chi connectivity index (χ3n) is 3.20. The van der Waals surface area contributed by atoms with Gasteiger partial charge in [0.2, 0.25) is 0 Å². The first-order chi connectivity index (χ1) is 9.16. The van der Waals surface area contributed by atoms with Gasteiger partial charge in [-0.2, -0.15) is 0 Å². The van der Waals surface area contributed by atoms with E-state index >= 15 is 0 Å². The normalized spacial score (nSPS) is 12.3. The Bertz CT molecular complexity index is 523. The van der Waals surface area contributed by atoms with Crippen molar-refractivity contribution in [2.24, 2.45) is 0 Å². The molecule has 100 valence electrons. The molecule has 0 aliphatic rings. The second-order valence-electron chi connectivity index (χ2n) is 4.65. The maximum Gasteiger partial charge on any atom is 0.120 e. The topological polar surface area (TPSA) is 52.5 Å². The summed E-state index contributed by atoms with van der Waals surface area (Å²) in [6.45, 7) is 2.85. The van der Waals surface area contributed by atoms with Crippen LogP contribution in [0.5, 0.6) is 11.5 Å². The summed E-state index contributed by atoms with van der Waals surface area (Å²) in [5.74, 6) is 0.617. The van der Waals surface area contributed by atoms with Gasteiger partial charge in [0.25, 0.3) is 0 Å². The monoisotopic (exact) mass is 257 g/mol. The molecule has 0 saturated carbocycles. The molecule has 0 fully saturated rings. The molecule has 0 aliphatic carbocycles. The summed E-state index contributed by atoms with van der Waals surface area (Å²) in [5.41, 5.74) is 2.09. The van der Waals surface area contributed by atoms with E-state index in [0.29, 0.717) is 11.5 Å². The maximum atomic E-state index is 9.76. The van der Waals surface area contributed by atoms with Gasteiger partial charge < -0.3 is 15.5 Å². The van der Waals surface area contributed by atoms with Gasteiger partial charge >= 0.3 is 0 Å². The van der Waals surface area contributed by atoms with Crippen molar-refractivity contribution >= 4 is 0 Å². The minimum Gasteiger partial charge on any atom is -0.508 e. The molecule has 0 aromatic heterocycles. The fraction of sp³-hybridized carbons (Fsp3) is 0.250. The Kier molecular flexibility index (Phi) is 4.42. The Morgan fingerprint density at radius 2 is 1.68 bits per heavy atom. The lowest BCUT2D eigenvalue weighted by molar-refractivity contribution is 0.453. The van der Waals surface area contributed by atoms with Crippen LogP contribution in [0.2, 0.25) is 0 Å². The van der Waals surface area contributed by atoms with Crippen LogP contribution in [0.1, 0.15) is 24.1 Å². The summed E-state index contributed by atoms with van der Waals surface area (Å²) in [7, 11) is 0. The first-order valence-corrected chi connectivity index (χ1v) is 6.46. The van der Waals surface area contributed by atoms with Crippen molar-refractivity contribution in [3.05, 3.63) is 59.7 Å². The van der Waals surface area contributed by atoms with E-state index in [1.807, 2.05) is 37.3 Å². The summed E-state index contributed by atoms with van der Waals surface area (Å²) in [4.78, 5) is 0. The van der Waals surface area contributed by atoms with E-state index in [1.165, 1.54) is 5.56 Å². The number of hydrogen-bond donors (Lipinski definition) is 3. The van der Waals surface area contributed by atoms with Crippen LogP contribution in [0, 0.1) is 0 Å². The molecule has 3 N–H and O–H groups in total. The van der Waals surface area contributed by atoms with Crippen LogP contribution < -0.4 is 5.32 Å². The Hall–Kier alpha value is -2.00. The van der Waals surface area contributed by atoms with Crippen molar-refractivity contribution in [3.8, 4) is 11.5 Å². The van der Waals surface area contributed by atoms with Crippen LogP contribution in [0.25, 0.3) is 0 Å². The molecular weight excluding hydrogens is 238 g/mol. The second-order valence-corrected chi connectivity index (χ2v) is 4.65. The van der Waals surface area contributed by atoms with Crippen LogP contribution in [0.3, 0.4) is 0 Å². The zero-order valence-electron chi connectivity index (χ0n) is 11.0. The molecule has 0 radical (unpaired) electrons. The van der Waals surface area contributed by atoms with Gasteiger partial charge in [0.1, 0.15) is 11.5 Å². The van der Waals surface area contributed by atoms with Crippen molar-refractivity contribution in [1.82, 2.24) is 5.32 Å². The van der Waals surface area contributed by atoms with E-state index in [0.717, 1.165) is 18.5 Å². The van der Waals surface area contributed by atoms with Gasteiger partial charge in [0.05, 0.1) is 0 Å². The Labute approximate surface area is 113 Å². The number of hydrogen-bond acceptors (Lipinski definition) is 3. The van der Waals surface area contributed by atoms with E-state index in [2.05, 4.69) is 5.32 Å². The quantitative estimate of drug-likeness (QED) is 0.771. The third-order valence-corrected chi connectivity index (χ3v) is 3.20. The van der Waals surface area contributed by atoms with Crippen molar-refractivity contribution in [2.75, 3.05) is 6.54 Å². The summed E-state index contributed by atoms with van der Waals surface area (Å²) in [6.07, 6.45) is 0.887. The van der Waals surface area contributed by atoms with Gasteiger partial charge in [0.15, 0.2) is 0 Å². The van der Waals surface area contributed by atoms with Crippen molar-refractivity contribution in [2.45, 2.75) is 19.4 Å². The van der Waals surface area contributed by atoms with Gasteiger partial charge in [-0.05, 0) is 43.7 Å². The summed E-state index contributed by atoms with van der Waals surface area (Å²) >= 11 is 0. The lowest BCUT2D eigenvalue weighted by Gasteiger charge is -2.15. The predicted molar refractivity (Wildman–Crippen MR) is 76.3 cm³/mol. The SMILES string of the molecule is CC(NCCc1ccc(O)cc1)c1ccccc1O. The number of benzene rings is 2. The minimum absolute atomic E-state index is 0.110. The number of aromatic hydroxyl groups is 2. The molecule has 1 unspecified atom stereocenters. The molecule has 3 nitrogen and oxygen atoms in total. The number of rotatable bonds is 5. The molecule has 0 bridgehead atoms.